The van der Waals surface area contributed by atoms with E-state index in [0.29, 0.717) is 41.1 Å². The summed E-state index contributed by atoms with van der Waals surface area (Å²) in [6, 6.07) is 5.10. The summed E-state index contributed by atoms with van der Waals surface area (Å²) in [5, 5.41) is 9.52. The highest BCUT2D eigenvalue weighted by atomic mass is 19.2. The lowest BCUT2D eigenvalue weighted by Crippen LogP contribution is -2.39. The van der Waals surface area contributed by atoms with Crippen LogP contribution < -0.4 is 0 Å². The van der Waals surface area contributed by atoms with Crippen LogP contribution in [0.25, 0.3) is 22.3 Å². The Balaban J connectivity index is 1.55. The van der Waals surface area contributed by atoms with E-state index in [-0.39, 0.29) is 17.5 Å². The number of carbonyl (C=O) groups excluding carboxylic acids is 1. The molecule has 1 aliphatic heterocycles. The first-order chi connectivity index (χ1) is 15.3. The van der Waals surface area contributed by atoms with Gasteiger partial charge in [-0.15, -0.1) is 0 Å². The SMILES string of the molecule is C[C@H]1c2nn(C)c(-c3cc(F)c(F)c(F)c3)c2CCN1C(=O)c1c2cccnc2nn1C. The van der Waals surface area contributed by atoms with Crippen LogP contribution in [0.2, 0.25) is 0 Å². The average molecular weight is 440 g/mol. The van der Waals surface area contributed by atoms with Crippen molar-refractivity contribution in [2.24, 2.45) is 14.1 Å². The normalized spacial score (nSPS) is 15.9. The van der Waals surface area contributed by atoms with E-state index in [9.17, 15) is 18.0 Å². The summed E-state index contributed by atoms with van der Waals surface area (Å²) in [7, 11) is 3.36. The van der Waals surface area contributed by atoms with Crippen molar-refractivity contribution in [3.8, 4) is 11.3 Å². The second kappa shape index (κ2) is 7.18. The van der Waals surface area contributed by atoms with E-state index in [0.717, 1.165) is 17.7 Å². The molecule has 0 spiro atoms. The highest BCUT2D eigenvalue weighted by molar-refractivity contribution is 6.04. The molecule has 1 amide bonds. The van der Waals surface area contributed by atoms with Crippen molar-refractivity contribution < 1.29 is 18.0 Å². The number of pyridine rings is 1. The Bertz CT molecular complexity index is 1370. The Kier molecular flexibility index (Phi) is 4.54. The van der Waals surface area contributed by atoms with Crippen molar-refractivity contribution in [1.82, 2.24) is 29.4 Å². The smallest absolute Gasteiger partial charge is 0.273 e. The molecule has 10 heteroatoms. The van der Waals surface area contributed by atoms with Crippen molar-refractivity contribution >= 4 is 16.9 Å². The molecule has 4 heterocycles. The molecule has 1 aliphatic rings. The maximum absolute atomic E-state index is 13.9. The Morgan fingerprint density at radius 1 is 1.09 bits per heavy atom. The summed E-state index contributed by atoms with van der Waals surface area (Å²) < 4.78 is 44.2. The standard InChI is InChI=1S/C22H19F3N6O/c1-11-18-13(19(29(2)27-18)12-9-15(23)17(25)16(24)10-12)6-8-31(11)22(32)20-14-5-4-7-26-21(14)28-30(20)3/h4-5,7,9-11H,6,8H2,1-3H3/t11-/m0/s1. The van der Waals surface area contributed by atoms with Gasteiger partial charge in [0.25, 0.3) is 5.91 Å². The number of nitrogens with zero attached hydrogens (tertiary/aromatic N) is 6. The van der Waals surface area contributed by atoms with Gasteiger partial charge in [-0.05, 0) is 37.6 Å². The van der Waals surface area contributed by atoms with Gasteiger partial charge in [0.2, 0.25) is 0 Å². The lowest BCUT2D eigenvalue weighted by molar-refractivity contribution is 0.0664. The van der Waals surface area contributed by atoms with Crippen molar-refractivity contribution in [3.63, 3.8) is 0 Å². The zero-order chi connectivity index (χ0) is 22.7. The molecule has 0 saturated heterocycles. The van der Waals surface area contributed by atoms with Gasteiger partial charge in [-0.3, -0.25) is 14.2 Å². The molecule has 0 aliphatic carbocycles. The molecule has 7 nitrogen and oxygen atoms in total. The minimum absolute atomic E-state index is 0.202. The van der Waals surface area contributed by atoms with Gasteiger partial charge in [0.15, 0.2) is 23.1 Å². The summed E-state index contributed by atoms with van der Waals surface area (Å²) in [6.07, 6.45) is 2.05. The molecule has 0 unspecified atom stereocenters. The zero-order valence-corrected chi connectivity index (χ0v) is 17.6. The first-order valence-corrected chi connectivity index (χ1v) is 10.1. The topological polar surface area (TPSA) is 68.8 Å². The van der Waals surface area contributed by atoms with Crippen LogP contribution in [0.15, 0.2) is 30.5 Å². The highest BCUT2D eigenvalue weighted by Crippen LogP contribution is 2.37. The fraction of sp³-hybridized carbons (Fsp3) is 0.273. The van der Waals surface area contributed by atoms with Crippen molar-refractivity contribution in [2.75, 3.05) is 6.54 Å². The van der Waals surface area contributed by atoms with Crippen LogP contribution in [-0.2, 0) is 20.5 Å². The number of benzene rings is 1. The predicted molar refractivity (Wildman–Crippen MR) is 110 cm³/mol. The quantitative estimate of drug-likeness (QED) is 0.447. The highest BCUT2D eigenvalue weighted by Gasteiger charge is 2.35. The molecule has 5 rings (SSSR count). The van der Waals surface area contributed by atoms with Gasteiger partial charge in [-0.2, -0.15) is 10.2 Å². The number of amides is 1. The molecular weight excluding hydrogens is 421 g/mol. The van der Waals surface area contributed by atoms with Gasteiger partial charge in [0, 0.05) is 38.0 Å². The van der Waals surface area contributed by atoms with Crippen molar-refractivity contribution in [3.05, 3.63) is 64.9 Å². The second-order valence-electron chi connectivity index (χ2n) is 7.86. The Morgan fingerprint density at radius 2 is 1.81 bits per heavy atom. The van der Waals surface area contributed by atoms with Crippen LogP contribution in [0.1, 0.15) is 34.7 Å². The summed E-state index contributed by atoms with van der Waals surface area (Å²) in [4.78, 5) is 19.4. The first kappa shape index (κ1) is 20.2. The summed E-state index contributed by atoms with van der Waals surface area (Å²) in [6.45, 7) is 2.24. The third kappa shape index (κ3) is 2.89. The van der Waals surface area contributed by atoms with Crippen LogP contribution in [0.5, 0.6) is 0 Å². The van der Waals surface area contributed by atoms with Crippen molar-refractivity contribution in [2.45, 2.75) is 19.4 Å². The van der Waals surface area contributed by atoms with E-state index in [1.54, 1.807) is 37.3 Å². The van der Waals surface area contributed by atoms with Crippen LogP contribution in [0, 0.1) is 17.5 Å². The lowest BCUT2D eigenvalue weighted by atomic mass is 9.95. The van der Waals surface area contributed by atoms with Gasteiger partial charge >= 0.3 is 0 Å². The Morgan fingerprint density at radius 3 is 2.53 bits per heavy atom. The number of carbonyl (C=O) groups is 1. The fourth-order valence-electron chi connectivity index (χ4n) is 4.49. The molecule has 1 atom stereocenters. The third-order valence-corrected chi connectivity index (χ3v) is 5.97. The minimum Gasteiger partial charge on any atom is -0.329 e. The molecule has 3 aromatic heterocycles. The Hall–Kier alpha value is -3.69. The monoisotopic (exact) mass is 440 g/mol. The number of hydrogen-bond donors (Lipinski definition) is 0. The number of fused-ring (bicyclic) bond motifs is 2. The van der Waals surface area contributed by atoms with Gasteiger partial charge in [-0.25, -0.2) is 18.2 Å². The van der Waals surface area contributed by atoms with Gasteiger partial charge < -0.3 is 4.90 Å². The molecule has 32 heavy (non-hydrogen) atoms. The molecule has 0 N–H and O–H groups in total. The van der Waals surface area contributed by atoms with Crippen LogP contribution in [0.3, 0.4) is 0 Å². The second-order valence-corrected chi connectivity index (χ2v) is 7.86. The molecule has 0 saturated carbocycles. The number of halogens is 3. The molecule has 1 aromatic carbocycles. The zero-order valence-electron chi connectivity index (χ0n) is 17.6. The average Bonchev–Trinajstić information content (AvgIpc) is 3.27. The molecule has 4 aromatic rings. The third-order valence-electron chi connectivity index (χ3n) is 5.97. The molecule has 164 valence electrons. The maximum Gasteiger partial charge on any atom is 0.273 e. The van der Waals surface area contributed by atoms with Crippen LogP contribution >= 0.6 is 0 Å². The summed E-state index contributed by atoms with van der Waals surface area (Å²) >= 11 is 0. The lowest BCUT2D eigenvalue weighted by Gasteiger charge is -2.33. The van der Waals surface area contributed by atoms with Gasteiger partial charge in [-0.1, -0.05) is 0 Å². The minimum atomic E-state index is -1.51. The van der Waals surface area contributed by atoms with E-state index in [2.05, 4.69) is 15.2 Å². The Labute approximate surface area is 181 Å². The first-order valence-electron chi connectivity index (χ1n) is 10.1. The van der Waals surface area contributed by atoms with E-state index < -0.39 is 17.5 Å². The number of aryl methyl sites for hydroxylation is 2. The number of hydrogen-bond acceptors (Lipinski definition) is 4. The number of aromatic nitrogens is 5. The maximum atomic E-state index is 13.9. The summed E-state index contributed by atoms with van der Waals surface area (Å²) in [5.41, 5.74) is 3.05. The van der Waals surface area contributed by atoms with Crippen molar-refractivity contribution in [1.29, 1.82) is 0 Å². The van der Waals surface area contributed by atoms with E-state index in [1.165, 1.54) is 9.36 Å². The predicted octanol–water partition coefficient (Wildman–Crippen LogP) is 3.55. The van der Waals surface area contributed by atoms with E-state index in [1.807, 2.05) is 6.92 Å². The molecule has 0 bridgehead atoms. The van der Waals surface area contributed by atoms with E-state index in [4.69, 9.17) is 0 Å². The van der Waals surface area contributed by atoms with Gasteiger partial charge in [0.1, 0.15) is 5.69 Å². The van der Waals surface area contributed by atoms with Crippen LogP contribution in [-0.4, -0.2) is 41.9 Å². The summed E-state index contributed by atoms with van der Waals surface area (Å²) in [5.74, 6) is -4.22. The van der Waals surface area contributed by atoms with Crippen LogP contribution in [0.4, 0.5) is 13.2 Å². The fourth-order valence-corrected chi connectivity index (χ4v) is 4.49. The van der Waals surface area contributed by atoms with E-state index >= 15 is 0 Å². The van der Waals surface area contributed by atoms with Gasteiger partial charge in [0.05, 0.1) is 22.8 Å². The number of rotatable bonds is 2. The molecular formula is C22H19F3N6O. The molecule has 0 radical (unpaired) electrons. The largest absolute Gasteiger partial charge is 0.329 e. The molecule has 0 fully saturated rings.